The SMILES string of the molecule is Cc1cccc(C2CCCN2C(=O)NCCS(C)(=O)=O)c1C. The first kappa shape index (κ1) is 16.8. The van der Waals surface area contributed by atoms with Crippen molar-refractivity contribution in [1.82, 2.24) is 10.2 Å². The zero-order valence-electron chi connectivity index (χ0n) is 13.4. The summed E-state index contributed by atoms with van der Waals surface area (Å²) in [6, 6.07) is 6.08. The highest BCUT2D eigenvalue weighted by Crippen LogP contribution is 2.34. The number of carbonyl (C=O) groups is 1. The largest absolute Gasteiger partial charge is 0.337 e. The van der Waals surface area contributed by atoms with Gasteiger partial charge in [-0.25, -0.2) is 13.2 Å². The lowest BCUT2D eigenvalue weighted by atomic mass is 9.96. The number of sulfone groups is 1. The summed E-state index contributed by atoms with van der Waals surface area (Å²) in [4.78, 5) is 14.2. The van der Waals surface area contributed by atoms with Crippen LogP contribution in [-0.4, -0.2) is 44.4 Å². The van der Waals surface area contributed by atoms with Crippen molar-refractivity contribution in [3.63, 3.8) is 0 Å². The Morgan fingerprint density at radius 2 is 2.09 bits per heavy atom. The second-order valence-corrected chi connectivity index (χ2v) is 8.26. The topological polar surface area (TPSA) is 66.5 Å². The molecule has 22 heavy (non-hydrogen) atoms. The first-order chi connectivity index (χ1) is 10.3. The van der Waals surface area contributed by atoms with Crippen LogP contribution in [0.4, 0.5) is 4.79 Å². The number of hydrogen-bond acceptors (Lipinski definition) is 3. The zero-order chi connectivity index (χ0) is 16.3. The molecule has 0 bridgehead atoms. The average Bonchev–Trinajstić information content (AvgIpc) is 2.89. The molecule has 0 radical (unpaired) electrons. The van der Waals surface area contributed by atoms with Crippen LogP contribution in [0.5, 0.6) is 0 Å². The maximum absolute atomic E-state index is 12.3. The van der Waals surface area contributed by atoms with E-state index in [1.807, 2.05) is 11.0 Å². The van der Waals surface area contributed by atoms with Crippen molar-refractivity contribution < 1.29 is 13.2 Å². The van der Waals surface area contributed by atoms with Crippen LogP contribution in [0, 0.1) is 13.8 Å². The van der Waals surface area contributed by atoms with Crippen molar-refractivity contribution in [2.24, 2.45) is 0 Å². The van der Waals surface area contributed by atoms with Crippen LogP contribution < -0.4 is 5.32 Å². The molecule has 1 N–H and O–H groups in total. The number of benzene rings is 1. The van der Waals surface area contributed by atoms with Crippen molar-refractivity contribution in [2.45, 2.75) is 32.7 Å². The highest BCUT2D eigenvalue weighted by molar-refractivity contribution is 7.90. The molecular formula is C16H24N2O3S. The number of aryl methyl sites for hydroxylation is 1. The number of rotatable bonds is 4. The number of likely N-dealkylation sites (tertiary alicyclic amines) is 1. The van der Waals surface area contributed by atoms with Gasteiger partial charge in [0, 0.05) is 19.3 Å². The van der Waals surface area contributed by atoms with E-state index in [4.69, 9.17) is 0 Å². The summed E-state index contributed by atoms with van der Waals surface area (Å²) >= 11 is 0. The molecule has 1 unspecified atom stereocenters. The van der Waals surface area contributed by atoms with Gasteiger partial charge in [0.25, 0.3) is 0 Å². The Morgan fingerprint density at radius 1 is 1.36 bits per heavy atom. The van der Waals surface area contributed by atoms with Crippen LogP contribution in [0.2, 0.25) is 0 Å². The molecule has 6 heteroatoms. The van der Waals surface area contributed by atoms with Crippen LogP contribution in [0.15, 0.2) is 18.2 Å². The predicted octanol–water partition coefficient (Wildman–Crippen LogP) is 2.19. The number of nitrogens with one attached hydrogen (secondary N) is 1. The second-order valence-electron chi connectivity index (χ2n) is 6.00. The third-order valence-corrected chi connectivity index (χ3v) is 5.21. The Balaban J connectivity index is 2.07. The number of amides is 2. The predicted molar refractivity (Wildman–Crippen MR) is 87.7 cm³/mol. The molecule has 1 aliphatic rings. The lowest BCUT2D eigenvalue weighted by molar-refractivity contribution is 0.193. The van der Waals surface area contributed by atoms with Gasteiger partial charge in [-0.1, -0.05) is 18.2 Å². The molecule has 1 aromatic rings. The molecule has 0 aromatic heterocycles. The van der Waals surface area contributed by atoms with Gasteiger partial charge in [0.15, 0.2) is 0 Å². The Labute approximate surface area is 132 Å². The fourth-order valence-electron chi connectivity index (χ4n) is 2.91. The Bertz CT molecular complexity index is 655. The first-order valence-corrected chi connectivity index (χ1v) is 9.64. The molecule has 122 valence electrons. The quantitative estimate of drug-likeness (QED) is 0.923. The summed E-state index contributed by atoms with van der Waals surface area (Å²) in [5, 5.41) is 2.72. The summed E-state index contributed by atoms with van der Waals surface area (Å²) in [5.41, 5.74) is 3.64. The minimum absolute atomic E-state index is 0.0271. The molecule has 1 aromatic carbocycles. The third kappa shape index (κ3) is 4.00. The van der Waals surface area contributed by atoms with Gasteiger partial charge in [0.05, 0.1) is 11.8 Å². The van der Waals surface area contributed by atoms with E-state index in [1.165, 1.54) is 22.9 Å². The van der Waals surface area contributed by atoms with Gasteiger partial charge < -0.3 is 10.2 Å². The molecule has 1 saturated heterocycles. The smallest absolute Gasteiger partial charge is 0.317 e. The number of nitrogens with zero attached hydrogens (tertiary/aromatic N) is 1. The Hall–Kier alpha value is -1.56. The molecule has 0 aliphatic carbocycles. The van der Waals surface area contributed by atoms with Crippen LogP contribution in [0.1, 0.15) is 35.6 Å². The Kier molecular flexibility index (Phi) is 5.11. The molecule has 0 saturated carbocycles. The minimum Gasteiger partial charge on any atom is -0.337 e. The van der Waals surface area contributed by atoms with Crippen molar-refractivity contribution >= 4 is 15.9 Å². The number of urea groups is 1. The standard InChI is InChI=1S/C16H24N2O3S/c1-12-6-4-7-14(13(12)2)15-8-5-10-18(15)16(19)17-9-11-22(3,20)21/h4,6-7,15H,5,8-11H2,1-3H3,(H,17,19). The fraction of sp³-hybridized carbons (Fsp3) is 0.562. The molecule has 5 nitrogen and oxygen atoms in total. The highest BCUT2D eigenvalue weighted by Gasteiger charge is 2.30. The summed E-state index contributed by atoms with van der Waals surface area (Å²) in [6.45, 7) is 5.03. The normalized spacial score (nSPS) is 18.5. The molecular weight excluding hydrogens is 300 g/mol. The van der Waals surface area contributed by atoms with E-state index in [0.29, 0.717) is 6.54 Å². The summed E-state index contributed by atoms with van der Waals surface area (Å²) < 4.78 is 22.3. The molecule has 1 aliphatic heterocycles. The zero-order valence-corrected chi connectivity index (χ0v) is 14.2. The first-order valence-electron chi connectivity index (χ1n) is 7.58. The van der Waals surface area contributed by atoms with E-state index in [9.17, 15) is 13.2 Å². The second kappa shape index (κ2) is 6.69. The Morgan fingerprint density at radius 3 is 2.77 bits per heavy atom. The summed E-state index contributed by atoms with van der Waals surface area (Å²) in [6.07, 6.45) is 3.09. The molecule has 2 amide bonds. The molecule has 2 rings (SSSR count). The van der Waals surface area contributed by atoms with E-state index in [1.54, 1.807) is 0 Å². The maximum atomic E-state index is 12.3. The van der Waals surface area contributed by atoms with Crippen molar-refractivity contribution in [3.8, 4) is 0 Å². The summed E-state index contributed by atoms with van der Waals surface area (Å²) in [5.74, 6) is -0.0271. The van der Waals surface area contributed by atoms with Gasteiger partial charge >= 0.3 is 6.03 Å². The third-order valence-electron chi connectivity index (χ3n) is 4.27. The van der Waals surface area contributed by atoms with Crippen LogP contribution in [-0.2, 0) is 9.84 Å². The van der Waals surface area contributed by atoms with E-state index in [-0.39, 0.29) is 24.4 Å². The fourth-order valence-corrected chi connectivity index (χ4v) is 3.39. The van der Waals surface area contributed by atoms with Crippen LogP contribution in [0.3, 0.4) is 0 Å². The maximum Gasteiger partial charge on any atom is 0.317 e. The lowest BCUT2D eigenvalue weighted by Crippen LogP contribution is -2.41. The van der Waals surface area contributed by atoms with Gasteiger partial charge in [-0.2, -0.15) is 0 Å². The van der Waals surface area contributed by atoms with E-state index in [0.717, 1.165) is 12.8 Å². The number of carbonyl (C=O) groups excluding carboxylic acids is 1. The van der Waals surface area contributed by atoms with Gasteiger partial charge in [-0.3, -0.25) is 0 Å². The summed E-state index contributed by atoms with van der Waals surface area (Å²) in [7, 11) is -3.05. The molecule has 1 atom stereocenters. The van der Waals surface area contributed by atoms with E-state index in [2.05, 4.69) is 31.3 Å². The van der Waals surface area contributed by atoms with Crippen LogP contribution >= 0.6 is 0 Å². The monoisotopic (exact) mass is 324 g/mol. The van der Waals surface area contributed by atoms with Crippen molar-refractivity contribution in [1.29, 1.82) is 0 Å². The van der Waals surface area contributed by atoms with Gasteiger partial charge in [-0.15, -0.1) is 0 Å². The molecule has 0 spiro atoms. The van der Waals surface area contributed by atoms with E-state index >= 15 is 0 Å². The lowest BCUT2D eigenvalue weighted by Gasteiger charge is -2.27. The molecule has 1 fully saturated rings. The van der Waals surface area contributed by atoms with Gasteiger partial charge in [0.1, 0.15) is 9.84 Å². The number of hydrogen-bond donors (Lipinski definition) is 1. The minimum atomic E-state index is -3.05. The highest BCUT2D eigenvalue weighted by atomic mass is 32.2. The average molecular weight is 324 g/mol. The van der Waals surface area contributed by atoms with Crippen molar-refractivity contribution in [2.75, 3.05) is 25.1 Å². The van der Waals surface area contributed by atoms with Gasteiger partial charge in [-0.05, 0) is 43.4 Å². The van der Waals surface area contributed by atoms with Crippen LogP contribution in [0.25, 0.3) is 0 Å². The van der Waals surface area contributed by atoms with Crippen molar-refractivity contribution in [3.05, 3.63) is 34.9 Å². The van der Waals surface area contributed by atoms with Gasteiger partial charge in [0.2, 0.25) is 0 Å². The van der Waals surface area contributed by atoms with E-state index < -0.39 is 9.84 Å². The molecule has 1 heterocycles.